The van der Waals surface area contributed by atoms with Crippen molar-refractivity contribution in [2.75, 3.05) is 5.75 Å². The Hall–Kier alpha value is -3.46. The fourth-order valence-electron chi connectivity index (χ4n) is 4.77. The second kappa shape index (κ2) is 9.30. The second-order valence-electron chi connectivity index (χ2n) is 9.20. The van der Waals surface area contributed by atoms with Crippen LogP contribution in [0.2, 0.25) is 0 Å². The first-order valence-corrected chi connectivity index (χ1v) is 12.7. The van der Waals surface area contributed by atoms with Crippen molar-refractivity contribution in [2.24, 2.45) is 7.05 Å². The number of rotatable bonds is 6. The predicted octanol–water partition coefficient (Wildman–Crippen LogP) is 3.85. The van der Waals surface area contributed by atoms with Crippen molar-refractivity contribution >= 4 is 40.1 Å². The molecule has 0 aliphatic heterocycles. The molecule has 0 spiro atoms. The summed E-state index contributed by atoms with van der Waals surface area (Å²) in [5.41, 5.74) is 3.54. The lowest BCUT2D eigenvalue weighted by molar-refractivity contribution is 0.0937. The van der Waals surface area contributed by atoms with Crippen LogP contribution < -0.4 is 10.9 Å². The van der Waals surface area contributed by atoms with E-state index in [0.717, 1.165) is 36.8 Å². The molecule has 2 aromatic heterocycles. The average molecular weight is 490 g/mol. The highest BCUT2D eigenvalue weighted by atomic mass is 32.2. The maximum Gasteiger partial charge on any atom is 0.262 e. The molecule has 35 heavy (non-hydrogen) atoms. The van der Waals surface area contributed by atoms with E-state index < -0.39 is 0 Å². The number of carbonyl (C=O) groups is 2. The number of hydrogen-bond donors (Lipinski definition) is 1. The van der Waals surface area contributed by atoms with Gasteiger partial charge in [0.15, 0.2) is 10.9 Å². The van der Waals surface area contributed by atoms with Gasteiger partial charge in [0.1, 0.15) is 0 Å². The van der Waals surface area contributed by atoms with Crippen LogP contribution in [0.15, 0.2) is 46.3 Å². The molecule has 0 radical (unpaired) electrons. The first-order valence-electron chi connectivity index (χ1n) is 11.8. The van der Waals surface area contributed by atoms with Crippen LogP contribution in [0, 0.1) is 13.8 Å². The summed E-state index contributed by atoms with van der Waals surface area (Å²) >= 11 is 1.27. The molecular formula is C26H27N5O3S. The van der Waals surface area contributed by atoms with Crippen molar-refractivity contribution in [3.63, 3.8) is 0 Å². The van der Waals surface area contributed by atoms with Gasteiger partial charge in [-0.2, -0.15) is 0 Å². The van der Waals surface area contributed by atoms with Crippen molar-refractivity contribution in [3.8, 4) is 0 Å². The highest BCUT2D eigenvalue weighted by Gasteiger charge is 2.21. The molecule has 180 valence electrons. The van der Waals surface area contributed by atoms with E-state index in [2.05, 4.69) is 15.5 Å². The maximum absolute atomic E-state index is 12.9. The number of Topliss-reactive ketones (excluding diaryl/α,β-unsaturated/α-hetero) is 1. The smallest absolute Gasteiger partial charge is 0.262 e. The normalized spacial score (nSPS) is 14.1. The van der Waals surface area contributed by atoms with Crippen molar-refractivity contribution in [1.29, 1.82) is 0 Å². The van der Waals surface area contributed by atoms with Gasteiger partial charge in [0, 0.05) is 24.2 Å². The zero-order valence-corrected chi connectivity index (χ0v) is 20.8. The summed E-state index contributed by atoms with van der Waals surface area (Å²) in [6.07, 6.45) is 4.23. The first kappa shape index (κ1) is 23.3. The Morgan fingerprint density at radius 2 is 1.86 bits per heavy atom. The van der Waals surface area contributed by atoms with Gasteiger partial charge in [-0.25, -0.2) is 0 Å². The van der Waals surface area contributed by atoms with E-state index in [-0.39, 0.29) is 29.0 Å². The van der Waals surface area contributed by atoms with E-state index in [9.17, 15) is 14.4 Å². The van der Waals surface area contributed by atoms with Crippen LogP contribution in [0.5, 0.6) is 0 Å². The minimum Gasteiger partial charge on any atom is -0.349 e. The van der Waals surface area contributed by atoms with Crippen LogP contribution in [-0.4, -0.2) is 42.7 Å². The van der Waals surface area contributed by atoms with Crippen LogP contribution in [0.1, 0.15) is 57.5 Å². The zero-order chi connectivity index (χ0) is 24.7. The molecule has 1 aliphatic rings. The van der Waals surface area contributed by atoms with Crippen molar-refractivity contribution < 1.29 is 9.59 Å². The third-order valence-electron chi connectivity index (χ3n) is 6.66. The summed E-state index contributed by atoms with van der Waals surface area (Å²) in [4.78, 5) is 38.8. The number of aryl methyl sites for hydroxylation is 3. The number of nitrogens with one attached hydrogen (secondary N) is 1. The monoisotopic (exact) mass is 489 g/mol. The van der Waals surface area contributed by atoms with Gasteiger partial charge in [-0.05, 0) is 50.5 Å². The van der Waals surface area contributed by atoms with Crippen LogP contribution in [0.3, 0.4) is 0 Å². The Morgan fingerprint density at radius 1 is 1.09 bits per heavy atom. The molecule has 1 saturated carbocycles. The van der Waals surface area contributed by atoms with Gasteiger partial charge in [-0.15, -0.1) is 10.2 Å². The summed E-state index contributed by atoms with van der Waals surface area (Å²) in [6, 6.07) is 11.0. The molecule has 1 fully saturated rings. The molecule has 0 atom stereocenters. The molecule has 5 rings (SSSR count). The number of nitrogens with zero attached hydrogens (tertiary/aromatic N) is 4. The third-order valence-corrected chi connectivity index (χ3v) is 7.59. The van der Waals surface area contributed by atoms with Gasteiger partial charge in [-0.1, -0.05) is 48.4 Å². The zero-order valence-electron chi connectivity index (χ0n) is 20.0. The van der Waals surface area contributed by atoms with Crippen molar-refractivity contribution in [1.82, 2.24) is 24.5 Å². The number of benzene rings is 2. The van der Waals surface area contributed by atoms with Crippen molar-refractivity contribution in [2.45, 2.75) is 50.7 Å². The molecule has 0 unspecified atom stereocenters. The highest BCUT2D eigenvalue weighted by Crippen LogP contribution is 2.24. The number of amides is 1. The quantitative estimate of drug-likeness (QED) is 0.326. The highest BCUT2D eigenvalue weighted by molar-refractivity contribution is 7.99. The second-order valence-corrected chi connectivity index (χ2v) is 10.1. The summed E-state index contributed by atoms with van der Waals surface area (Å²) in [7, 11) is 1.64. The van der Waals surface area contributed by atoms with Gasteiger partial charge in [0.05, 0.1) is 16.7 Å². The number of hydrogen-bond acceptors (Lipinski definition) is 6. The predicted molar refractivity (Wildman–Crippen MR) is 136 cm³/mol. The number of fused-ring (bicyclic) bond motifs is 3. The number of thioether (sulfide) groups is 1. The molecule has 2 heterocycles. The van der Waals surface area contributed by atoms with Crippen molar-refractivity contribution in [3.05, 3.63) is 69.0 Å². The molecule has 1 N–H and O–H groups in total. The Labute approximate surface area is 206 Å². The molecule has 0 bridgehead atoms. The summed E-state index contributed by atoms with van der Waals surface area (Å²) in [6.45, 7) is 3.93. The molecule has 2 aromatic carbocycles. The number of carbonyl (C=O) groups excluding carboxylic acids is 2. The molecular weight excluding hydrogens is 462 g/mol. The molecule has 4 aromatic rings. The lowest BCUT2D eigenvalue weighted by Crippen LogP contribution is -2.32. The molecule has 8 nitrogen and oxygen atoms in total. The third kappa shape index (κ3) is 4.36. The van der Waals surface area contributed by atoms with Crippen LogP contribution in [0.25, 0.3) is 16.7 Å². The first-order chi connectivity index (χ1) is 16.8. The Bertz CT molecular complexity index is 1530. The topological polar surface area (TPSA) is 98.4 Å². The lowest BCUT2D eigenvalue weighted by atomic mass is 10.0. The minimum atomic E-state index is -0.217. The SMILES string of the molecule is Cc1ccc(C(=O)CSc2nnc3n(C)c(=O)c4ccc(C(=O)NC5CCCC5)cc4n23)c(C)c1. The van der Waals surface area contributed by atoms with Gasteiger partial charge in [0.2, 0.25) is 5.78 Å². The van der Waals surface area contributed by atoms with E-state index in [4.69, 9.17) is 0 Å². The van der Waals surface area contributed by atoms with Gasteiger partial charge < -0.3 is 5.32 Å². The number of ketones is 1. The van der Waals surface area contributed by atoms with E-state index in [1.54, 1.807) is 29.6 Å². The number of aromatic nitrogens is 4. The molecule has 1 aliphatic carbocycles. The molecule has 1 amide bonds. The van der Waals surface area contributed by atoms with Gasteiger partial charge >= 0.3 is 0 Å². The lowest BCUT2D eigenvalue weighted by Gasteiger charge is -2.13. The Kier molecular flexibility index (Phi) is 6.19. The van der Waals surface area contributed by atoms with E-state index in [0.29, 0.717) is 33.0 Å². The average Bonchev–Trinajstić information content (AvgIpc) is 3.50. The molecule has 0 saturated heterocycles. The fraction of sp³-hybridized carbons (Fsp3) is 0.346. The summed E-state index contributed by atoms with van der Waals surface area (Å²) in [5.74, 6) is 0.379. The summed E-state index contributed by atoms with van der Waals surface area (Å²) in [5, 5.41) is 12.5. The van der Waals surface area contributed by atoms with E-state index in [1.165, 1.54) is 16.3 Å². The van der Waals surface area contributed by atoms with E-state index in [1.807, 2.05) is 32.0 Å². The van der Waals surface area contributed by atoms with E-state index >= 15 is 0 Å². The van der Waals surface area contributed by atoms with Crippen LogP contribution >= 0.6 is 11.8 Å². The Balaban J connectivity index is 1.51. The fourth-order valence-corrected chi connectivity index (χ4v) is 5.59. The van der Waals surface area contributed by atoms with Crippen LogP contribution in [0.4, 0.5) is 0 Å². The van der Waals surface area contributed by atoms with Crippen LogP contribution in [-0.2, 0) is 7.05 Å². The standard InChI is InChI=1S/C26H27N5O3S/c1-15-8-10-19(16(2)12-15)22(32)14-35-26-29-28-25-30(3)24(34)20-11-9-17(13-21(20)31(25)26)23(33)27-18-6-4-5-7-18/h8-13,18H,4-7,14H2,1-3H3,(H,27,33). The largest absolute Gasteiger partial charge is 0.349 e. The maximum atomic E-state index is 12.9. The Morgan fingerprint density at radius 3 is 2.60 bits per heavy atom. The van der Waals surface area contributed by atoms with Gasteiger partial charge in [-0.3, -0.25) is 23.4 Å². The molecule has 9 heteroatoms. The minimum absolute atomic E-state index is 0.00462. The summed E-state index contributed by atoms with van der Waals surface area (Å²) < 4.78 is 3.19. The van der Waals surface area contributed by atoms with Gasteiger partial charge in [0.25, 0.3) is 11.5 Å².